The third kappa shape index (κ3) is 2.28. The van der Waals surface area contributed by atoms with Gasteiger partial charge in [0.25, 0.3) is 0 Å². The van der Waals surface area contributed by atoms with Gasteiger partial charge in [-0.05, 0) is 23.6 Å². The van der Waals surface area contributed by atoms with Crippen LogP contribution in [0.4, 0.5) is 0 Å². The van der Waals surface area contributed by atoms with Gasteiger partial charge in [0.1, 0.15) is 12.0 Å². The van der Waals surface area contributed by atoms with E-state index in [9.17, 15) is 9.59 Å². The zero-order valence-corrected chi connectivity index (χ0v) is 9.28. The van der Waals surface area contributed by atoms with Crippen LogP contribution in [0.25, 0.3) is 0 Å². The second-order valence-corrected chi connectivity index (χ2v) is 4.31. The number of hydrogen-bond acceptors (Lipinski definition) is 4. The zero-order valence-electron chi connectivity index (χ0n) is 8.46. The van der Waals surface area contributed by atoms with Crippen molar-refractivity contribution in [3.8, 4) is 0 Å². The fraction of sp³-hybridized carbons (Fsp3) is 0.167. The van der Waals surface area contributed by atoms with Gasteiger partial charge >= 0.3 is 0 Å². The summed E-state index contributed by atoms with van der Waals surface area (Å²) in [6.45, 7) is 0. The van der Waals surface area contributed by atoms with Gasteiger partial charge in [-0.3, -0.25) is 4.79 Å². The van der Waals surface area contributed by atoms with Crippen molar-refractivity contribution in [2.75, 3.05) is 0 Å². The smallest absolute Gasteiger partial charge is 0.173 e. The van der Waals surface area contributed by atoms with Crippen LogP contribution in [0.5, 0.6) is 0 Å². The molecular formula is C12H10O3S. The molecule has 0 aliphatic carbocycles. The number of rotatable bonds is 5. The predicted octanol–water partition coefficient (Wildman–Crippen LogP) is 2.90. The van der Waals surface area contributed by atoms with Crippen LogP contribution in [0.1, 0.15) is 27.8 Å². The maximum Gasteiger partial charge on any atom is 0.173 e. The van der Waals surface area contributed by atoms with Gasteiger partial charge in [0.2, 0.25) is 0 Å². The summed E-state index contributed by atoms with van der Waals surface area (Å²) in [6.07, 6.45) is 2.42. The first-order chi connectivity index (χ1) is 7.81. The van der Waals surface area contributed by atoms with E-state index < -0.39 is 5.92 Å². The molecule has 0 aliphatic rings. The molecule has 2 rings (SSSR count). The summed E-state index contributed by atoms with van der Waals surface area (Å²) in [6, 6.07) is 7.00. The van der Waals surface area contributed by atoms with E-state index >= 15 is 0 Å². The van der Waals surface area contributed by atoms with Crippen molar-refractivity contribution >= 4 is 23.4 Å². The summed E-state index contributed by atoms with van der Waals surface area (Å²) in [7, 11) is 0. The van der Waals surface area contributed by atoms with Crippen LogP contribution < -0.4 is 0 Å². The first-order valence-electron chi connectivity index (χ1n) is 4.86. The van der Waals surface area contributed by atoms with Crippen molar-refractivity contribution < 1.29 is 14.0 Å². The molecule has 0 amide bonds. The number of carbonyl (C=O) groups excluding carboxylic acids is 2. The van der Waals surface area contributed by atoms with Crippen molar-refractivity contribution in [3.05, 3.63) is 46.5 Å². The molecule has 2 heterocycles. The predicted molar refractivity (Wildman–Crippen MR) is 60.8 cm³/mol. The van der Waals surface area contributed by atoms with Gasteiger partial charge in [-0.15, -0.1) is 11.3 Å². The Kier molecular flexibility index (Phi) is 3.31. The van der Waals surface area contributed by atoms with E-state index in [-0.39, 0.29) is 12.2 Å². The molecule has 2 aromatic rings. The van der Waals surface area contributed by atoms with E-state index in [1.54, 1.807) is 18.2 Å². The largest absolute Gasteiger partial charge is 0.469 e. The molecule has 0 saturated carbocycles. The Morgan fingerprint density at radius 2 is 2.31 bits per heavy atom. The van der Waals surface area contributed by atoms with Crippen molar-refractivity contribution in [1.82, 2.24) is 0 Å². The van der Waals surface area contributed by atoms with Crippen LogP contribution in [0.2, 0.25) is 0 Å². The van der Waals surface area contributed by atoms with Crippen LogP contribution in [-0.2, 0) is 4.79 Å². The molecule has 0 spiro atoms. The fourth-order valence-electron chi connectivity index (χ4n) is 1.46. The molecule has 0 N–H and O–H groups in total. The highest BCUT2D eigenvalue weighted by molar-refractivity contribution is 7.12. The van der Waals surface area contributed by atoms with E-state index in [1.165, 1.54) is 17.6 Å². The second kappa shape index (κ2) is 4.90. The lowest BCUT2D eigenvalue weighted by Gasteiger charge is -2.04. The van der Waals surface area contributed by atoms with Crippen LogP contribution in [0.3, 0.4) is 0 Å². The maximum absolute atomic E-state index is 11.8. The number of carbonyl (C=O) groups is 2. The number of thiophene rings is 1. The molecule has 0 aliphatic heterocycles. The molecule has 82 valence electrons. The van der Waals surface area contributed by atoms with Crippen molar-refractivity contribution in [1.29, 1.82) is 0 Å². The van der Waals surface area contributed by atoms with Crippen LogP contribution in [0, 0.1) is 0 Å². The molecule has 1 unspecified atom stereocenters. The normalized spacial score (nSPS) is 12.2. The first kappa shape index (κ1) is 10.8. The van der Waals surface area contributed by atoms with Crippen molar-refractivity contribution in [2.45, 2.75) is 12.3 Å². The zero-order chi connectivity index (χ0) is 11.4. The summed E-state index contributed by atoms with van der Waals surface area (Å²) >= 11 is 1.38. The molecule has 4 heteroatoms. The van der Waals surface area contributed by atoms with Gasteiger partial charge in [0, 0.05) is 6.42 Å². The number of Topliss-reactive ketones (excluding diaryl/α,β-unsaturated/α-hetero) is 1. The van der Waals surface area contributed by atoms with Gasteiger partial charge in [0.15, 0.2) is 5.78 Å². The van der Waals surface area contributed by atoms with Crippen molar-refractivity contribution in [3.63, 3.8) is 0 Å². The monoisotopic (exact) mass is 234 g/mol. The molecule has 0 radical (unpaired) electrons. The summed E-state index contributed by atoms with van der Waals surface area (Å²) in [5, 5.41) is 1.84. The second-order valence-electron chi connectivity index (χ2n) is 3.36. The Balaban J connectivity index is 2.08. The minimum absolute atomic E-state index is 0.0245. The van der Waals surface area contributed by atoms with Crippen LogP contribution >= 0.6 is 11.3 Å². The highest BCUT2D eigenvalue weighted by Crippen LogP contribution is 2.21. The number of hydrogen-bond donors (Lipinski definition) is 0. The van der Waals surface area contributed by atoms with E-state index in [0.29, 0.717) is 10.6 Å². The average molecular weight is 234 g/mol. The topological polar surface area (TPSA) is 47.3 Å². The van der Waals surface area contributed by atoms with Gasteiger partial charge in [-0.25, -0.2) is 0 Å². The van der Waals surface area contributed by atoms with E-state index in [0.717, 1.165) is 6.29 Å². The highest BCUT2D eigenvalue weighted by Gasteiger charge is 2.19. The van der Waals surface area contributed by atoms with E-state index in [1.807, 2.05) is 11.4 Å². The standard InChI is InChI=1S/C12H10O3S/c13-8-9(11-3-1-5-15-11)7-10(14)12-4-2-6-16-12/h1-6,8-9H,7H2. The SMILES string of the molecule is O=CC(CC(=O)c1cccs1)c1ccco1. The minimum Gasteiger partial charge on any atom is -0.469 e. The van der Waals surface area contributed by atoms with E-state index in [4.69, 9.17) is 4.42 Å². The molecule has 0 saturated heterocycles. The Morgan fingerprint density at radius 1 is 1.44 bits per heavy atom. The quantitative estimate of drug-likeness (QED) is 0.590. The highest BCUT2D eigenvalue weighted by atomic mass is 32.1. The molecule has 2 aromatic heterocycles. The summed E-state index contributed by atoms with van der Waals surface area (Å²) in [4.78, 5) is 23.4. The molecular weight excluding hydrogens is 224 g/mol. The van der Waals surface area contributed by atoms with Crippen molar-refractivity contribution in [2.24, 2.45) is 0 Å². The van der Waals surface area contributed by atoms with Crippen LogP contribution in [0.15, 0.2) is 40.3 Å². The Hall–Kier alpha value is -1.68. The van der Waals surface area contributed by atoms with Crippen LogP contribution in [-0.4, -0.2) is 12.1 Å². The summed E-state index contributed by atoms with van der Waals surface area (Å²) < 4.78 is 5.12. The Morgan fingerprint density at radius 3 is 2.88 bits per heavy atom. The van der Waals surface area contributed by atoms with Gasteiger partial charge in [-0.2, -0.15) is 0 Å². The lowest BCUT2D eigenvalue weighted by atomic mass is 10.0. The third-order valence-electron chi connectivity index (χ3n) is 2.27. The molecule has 0 fully saturated rings. The maximum atomic E-state index is 11.8. The minimum atomic E-state index is -0.482. The Bertz CT molecular complexity index is 456. The molecule has 0 aromatic carbocycles. The van der Waals surface area contributed by atoms with Gasteiger partial charge < -0.3 is 9.21 Å². The molecule has 3 nitrogen and oxygen atoms in total. The average Bonchev–Trinajstić information content (AvgIpc) is 2.96. The third-order valence-corrected chi connectivity index (χ3v) is 3.19. The van der Waals surface area contributed by atoms with E-state index in [2.05, 4.69) is 0 Å². The molecule has 1 atom stereocenters. The molecule has 0 bridgehead atoms. The Labute approximate surface area is 96.7 Å². The number of aldehydes is 1. The summed E-state index contributed by atoms with van der Waals surface area (Å²) in [5.41, 5.74) is 0. The van der Waals surface area contributed by atoms with Gasteiger partial charge in [0.05, 0.1) is 17.1 Å². The lowest BCUT2D eigenvalue weighted by molar-refractivity contribution is -0.109. The van der Waals surface area contributed by atoms with Gasteiger partial charge in [-0.1, -0.05) is 6.07 Å². The fourth-order valence-corrected chi connectivity index (χ4v) is 2.13. The lowest BCUT2D eigenvalue weighted by Crippen LogP contribution is -2.06. The number of furan rings is 1. The first-order valence-corrected chi connectivity index (χ1v) is 5.74. The number of ketones is 1. The summed E-state index contributed by atoms with van der Waals surface area (Å²) in [5.74, 6) is 0.0352. The molecule has 16 heavy (non-hydrogen) atoms.